The first-order valence-electron chi connectivity index (χ1n) is 6.61. The number of carboxylic acids is 1. The van der Waals surface area contributed by atoms with E-state index >= 15 is 0 Å². The maximum Gasteiger partial charge on any atom is 0.327 e. The lowest BCUT2D eigenvalue weighted by Crippen LogP contribution is -2.51. The number of carbonyl (C=O) groups is 2. The summed E-state index contributed by atoms with van der Waals surface area (Å²) >= 11 is 1.48. The van der Waals surface area contributed by atoms with E-state index in [2.05, 4.69) is 5.32 Å². The Morgan fingerprint density at radius 2 is 2.26 bits per heavy atom. The number of hydrogen-bond acceptors (Lipinski definition) is 4. The van der Waals surface area contributed by atoms with Crippen molar-refractivity contribution in [2.75, 3.05) is 18.9 Å². The largest absolute Gasteiger partial charge is 0.480 e. The summed E-state index contributed by atoms with van der Waals surface area (Å²) in [5, 5.41) is 11.8. The lowest BCUT2D eigenvalue weighted by atomic mass is 10.1. The number of carboxylic acid groups (broad SMARTS) is 1. The van der Waals surface area contributed by atoms with Crippen molar-refractivity contribution in [1.82, 2.24) is 10.2 Å². The number of nitrogens with zero attached hydrogens (tertiary/aromatic N) is 1. The molecule has 0 bridgehead atoms. The van der Waals surface area contributed by atoms with Crippen molar-refractivity contribution in [3.63, 3.8) is 0 Å². The third kappa shape index (κ3) is 3.54. The minimum atomic E-state index is -0.944. The molecule has 7 heteroatoms. The summed E-state index contributed by atoms with van der Waals surface area (Å²) in [6, 6.07) is -1.04. The van der Waals surface area contributed by atoms with Gasteiger partial charge in [-0.1, -0.05) is 0 Å². The molecule has 2 aliphatic rings. The molecule has 0 aromatic heterocycles. The topological polar surface area (TPSA) is 78.9 Å². The average molecular weight is 288 g/mol. The highest BCUT2D eigenvalue weighted by atomic mass is 32.2. The van der Waals surface area contributed by atoms with Crippen molar-refractivity contribution in [3.8, 4) is 0 Å². The molecule has 19 heavy (non-hydrogen) atoms. The molecule has 3 unspecified atom stereocenters. The fraction of sp³-hybridized carbons (Fsp3) is 0.833. The number of thioether (sulfide) groups is 1. The quantitative estimate of drug-likeness (QED) is 0.813. The molecular formula is C12H20N2O4S. The summed E-state index contributed by atoms with van der Waals surface area (Å²) in [7, 11) is 0. The van der Waals surface area contributed by atoms with E-state index in [1.165, 1.54) is 16.7 Å². The summed E-state index contributed by atoms with van der Waals surface area (Å²) < 4.78 is 5.54. The summed E-state index contributed by atoms with van der Waals surface area (Å²) in [6.07, 6.45) is 3.21. The van der Waals surface area contributed by atoms with Crippen molar-refractivity contribution in [2.45, 2.75) is 43.7 Å². The van der Waals surface area contributed by atoms with E-state index in [0.717, 1.165) is 25.9 Å². The first-order chi connectivity index (χ1) is 9.09. The molecule has 2 amide bonds. The van der Waals surface area contributed by atoms with E-state index in [4.69, 9.17) is 9.84 Å². The molecule has 2 rings (SSSR count). The monoisotopic (exact) mass is 288 g/mol. The minimum Gasteiger partial charge on any atom is -0.480 e. The van der Waals surface area contributed by atoms with Crippen molar-refractivity contribution in [3.05, 3.63) is 0 Å². The first-order valence-corrected chi connectivity index (χ1v) is 7.66. The molecular weight excluding hydrogens is 268 g/mol. The van der Waals surface area contributed by atoms with Gasteiger partial charge in [-0.2, -0.15) is 0 Å². The van der Waals surface area contributed by atoms with E-state index in [0.29, 0.717) is 12.3 Å². The highest BCUT2D eigenvalue weighted by Crippen LogP contribution is 2.28. The van der Waals surface area contributed by atoms with Gasteiger partial charge in [0.05, 0.1) is 11.5 Å². The van der Waals surface area contributed by atoms with Crippen LogP contribution in [0.3, 0.4) is 0 Å². The second kappa shape index (κ2) is 6.47. The van der Waals surface area contributed by atoms with Crippen molar-refractivity contribution in [2.24, 2.45) is 0 Å². The van der Waals surface area contributed by atoms with E-state index in [1.807, 2.05) is 6.92 Å². The number of aliphatic carboxylic acids is 1. The van der Waals surface area contributed by atoms with Gasteiger partial charge in [0.25, 0.3) is 0 Å². The van der Waals surface area contributed by atoms with Crippen LogP contribution in [-0.2, 0) is 9.53 Å². The lowest BCUT2D eigenvalue weighted by Gasteiger charge is -2.27. The fourth-order valence-corrected chi connectivity index (χ4v) is 3.57. The molecule has 2 N–H and O–H groups in total. The zero-order chi connectivity index (χ0) is 13.8. The molecule has 0 aromatic rings. The van der Waals surface area contributed by atoms with Crippen molar-refractivity contribution >= 4 is 23.8 Å². The summed E-state index contributed by atoms with van der Waals surface area (Å²) in [5.74, 6) is -0.495. The van der Waals surface area contributed by atoms with Gasteiger partial charge in [0.2, 0.25) is 0 Å². The van der Waals surface area contributed by atoms with Gasteiger partial charge in [0, 0.05) is 18.9 Å². The Morgan fingerprint density at radius 3 is 2.89 bits per heavy atom. The van der Waals surface area contributed by atoms with Gasteiger partial charge in [-0.05, 0) is 26.2 Å². The van der Waals surface area contributed by atoms with Crippen LogP contribution >= 0.6 is 11.8 Å². The Labute approximate surface area is 116 Å². The van der Waals surface area contributed by atoms with Gasteiger partial charge in [-0.3, -0.25) is 4.90 Å². The number of urea groups is 1. The van der Waals surface area contributed by atoms with Crippen molar-refractivity contribution < 1.29 is 19.4 Å². The van der Waals surface area contributed by atoms with E-state index in [1.54, 1.807) is 0 Å². The molecule has 6 nitrogen and oxygen atoms in total. The van der Waals surface area contributed by atoms with Crippen LogP contribution in [0.25, 0.3) is 0 Å². The highest BCUT2D eigenvalue weighted by molar-refractivity contribution is 8.00. The first kappa shape index (κ1) is 14.5. The van der Waals surface area contributed by atoms with Crippen LogP contribution in [0.15, 0.2) is 0 Å². The molecule has 0 aromatic carbocycles. The molecule has 2 aliphatic heterocycles. The van der Waals surface area contributed by atoms with Gasteiger partial charge in [-0.25, -0.2) is 9.59 Å². The number of carbonyl (C=O) groups excluding carboxylic acids is 1. The Bertz CT molecular complexity index is 347. The Hall–Kier alpha value is -0.950. The Kier molecular flexibility index (Phi) is 4.93. The molecule has 108 valence electrons. The zero-order valence-electron chi connectivity index (χ0n) is 11.0. The normalized spacial score (nSPS) is 31.2. The Balaban J connectivity index is 1.85. The van der Waals surface area contributed by atoms with Crippen LogP contribution in [0.1, 0.15) is 26.2 Å². The number of ether oxygens (including phenoxy) is 1. The molecule has 3 atom stereocenters. The molecule has 2 saturated heterocycles. The van der Waals surface area contributed by atoms with Crippen LogP contribution in [-0.4, -0.2) is 58.4 Å². The summed E-state index contributed by atoms with van der Waals surface area (Å²) in [5.41, 5.74) is 0. The average Bonchev–Trinajstić information content (AvgIpc) is 2.79. The zero-order valence-corrected chi connectivity index (χ0v) is 11.8. The molecule has 0 saturated carbocycles. The molecule has 0 radical (unpaired) electrons. The number of rotatable bonds is 3. The van der Waals surface area contributed by atoms with Gasteiger partial charge in [0.15, 0.2) is 0 Å². The predicted molar refractivity (Wildman–Crippen MR) is 72.2 cm³/mol. The predicted octanol–water partition coefficient (Wildman–Crippen LogP) is 1.11. The summed E-state index contributed by atoms with van der Waals surface area (Å²) in [4.78, 5) is 24.6. The van der Waals surface area contributed by atoms with E-state index in [-0.39, 0.29) is 17.5 Å². The maximum atomic E-state index is 12.1. The molecule has 0 spiro atoms. The fourth-order valence-electron chi connectivity index (χ4n) is 2.40. The van der Waals surface area contributed by atoms with Crippen LogP contribution in [0.4, 0.5) is 4.79 Å². The van der Waals surface area contributed by atoms with Crippen LogP contribution < -0.4 is 5.32 Å². The standard InChI is InChI=1S/C12H20N2O4S/c1-8-14(10(7-19-8)11(15)16)12(17)13-6-9-4-2-3-5-18-9/h8-10H,2-7H2,1H3,(H,13,17)(H,15,16). The molecule has 2 fully saturated rings. The van der Waals surface area contributed by atoms with Crippen LogP contribution in [0.5, 0.6) is 0 Å². The third-order valence-electron chi connectivity index (χ3n) is 3.50. The van der Waals surface area contributed by atoms with Gasteiger partial charge >= 0.3 is 12.0 Å². The van der Waals surface area contributed by atoms with Gasteiger partial charge < -0.3 is 15.2 Å². The second-order valence-corrected chi connectivity index (χ2v) is 6.22. The van der Waals surface area contributed by atoms with Crippen molar-refractivity contribution in [1.29, 1.82) is 0 Å². The lowest BCUT2D eigenvalue weighted by molar-refractivity contribution is -0.141. The second-order valence-electron chi connectivity index (χ2n) is 4.87. The number of nitrogens with one attached hydrogen (secondary N) is 1. The van der Waals surface area contributed by atoms with Gasteiger partial charge in [0.1, 0.15) is 6.04 Å². The maximum absolute atomic E-state index is 12.1. The minimum absolute atomic E-state index is 0.0616. The smallest absolute Gasteiger partial charge is 0.327 e. The van der Waals surface area contributed by atoms with E-state index in [9.17, 15) is 9.59 Å². The summed E-state index contributed by atoms with van der Waals surface area (Å²) in [6.45, 7) is 3.05. The number of hydrogen-bond donors (Lipinski definition) is 2. The van der Waals surface area contributed by atoms with Crippen LogP contribution in [0.2, 0.25) is 0 Å². The number of amides is 2. The molecule has 2 heterocycles. The highest BCUT2D eigenvalue weighted by Gasteiger charge is 2.39. The van der Waals surface area contributed by atoms with Crippen LogP contribution in [0, 0.1) is 0 Å². The third-order valence-corrected chi connectivity index (χ3v) is 4.72. The Morgan fingerprint density at radius 1 is 1.47 bits per heavy atom. The van der Waals surface area contributed by atoms with E-state index < -0.39 is 12.0 Å². The molecule has 0 aliphatic carbocycles. The van der Waals surface area contributed by atoms with Gasteiger partial charge in [-0.15, -0.1) is 11.8 Å². The SMILES string of the molecule is CC1SCC(C(=O)O)N1C(=O)NCC1CCCCO1.